The van der Waals surface area contributed by atoms with Gasteiger partial charge in [0.1, 0.15) is 6.61 Å². The van der Waals surface area contributed by atoms with E-state index in [2.05, 4.69) is 43.4 Å². The summed E-state index contributed by atoms with van der Waals surface area (Å²) in [6, 6.07) is 15.9. The predicted molar refractivity (Wildman–Crippen MR) is 93.6 cm³/mol. The number of carbonyl (C=O) groups is 1. The van der Waals surface area contributed by atoms with E-state index >= 15 is 0 Å². The van der Waals surface area contributed by atoms with Crippen LogP contribution in [-0.2, 0) is 11.2 Å². The highest BCUT2D eigenvalue weighted by Crippen LogP contribution is 2.30. The second-order valence-electron chi connectivity index (χ2n) is 6.30. The Labute approximate surface area is 142 Å². The second kappa shape index (κ2) is 7.39. The summed E-state index contributed by atoms with van der Waals surface area (Å²) in [7, 11) is 0. The Morgan fingerprint density at radius 1 is 1.12 bits per heavy atom. The van der Waals surface area contributed by atoms with Crippen molar-refractivity contribution in [2.75, 3.05) is 13.2 Å². The van der Waals surface area contributed by atoms with E-state index in [0.29, 0.717) is 24.0 Å². The summed E-state index contributed by atoms with van der Waals surface area (Å²) >= 11 is 0. The molecular formula is C20H23NO3. The number of amides is 1. The summed E-state index contributed by atoms with van der Waals surface area (Å²) in [5.41, 5.74) is 2.54. The van der Waals surface area contributed by atoms with Crippen molar-refractivity contribution in [2.45, 2.75) is 32.3 Å². The van der Waals surface area contributed by atoms with Crippen LogP contribution in [0.4, 0.5) is 0 Å². The van der Waals surface area contributed by atoms with Crippen LogP contribution in [0.2, 0.25) is 0 Å². The van der Waals surface area contributed by atoms with Crippen LogP contribution in [0.3, 0.4) is 0 Å². The SMILES string of the molecule is CC(C)c1ccc(CCNC(=O)[C@H]2COc3ccccc3O2)cc1. The molecule has 0 aliphatic carbocycles. The van der Waals surface area contributed by atoms with Crippen LogP contribution in [0.25, 0.3) is 0 Å². The first-order valence-electron chi connectivity index (χ1n) is 8.38. The van der Waals surface area contributed by atoms with E-state index in [1.165, 1.54) is 11.1 Å². The number of benzene rings is 2. The van der Waals surface area contributed by atoms with Gasteiger partial charge in [-0.2, -0.15) is 0 Å². The van der Waals surface area contributed by atoms with Gasteiger partial charge in [0.15, 0.2) is 11.5 Å². The van der Waals surface area contributed by atoms with E-state index < -0.39 is 6.10 Å². The molecule has 1 aliphatic heterocycles. The predicted octanol–water partition coefficient (Wildman–Crippen LogP) is 3.31. The molecule has 0 unspecified atom stereocenters. The Morgan fingerprint density at radius 3 is 2.54 bits per heavy atom. The molecule has 1 aliphatic rings. The third-order valence-corrected chi connectivity index (χ3v) is 4.16. The molecule has 0 saturated carbocycles. The first kappa shape index (κ1) is 16.4. The fourth-order valence-corrected chi connectivity index (χ4v) is 2.66. The van der Waals surface area contributed by atoms with Gasteiger partial charge in [0.25, 0.3) is 5.91 Å². The molecule has 0 radical (unpaired) electrons. The first-order valence-corrected chi connectivity index (χ1v) is 8.38. The summed E-state index contributed by atoms with van der Waals surface area (Å²) in [6.45, 7) is 5.19. The Morgan fingerprint density at radius 2 is 1.83 bits per heavy atom. The van der Waals surface area contributed by atoms with Gasteiger partial charge in [-0.15, -0.1) is 0 Å². The topological polar surface area (TPSA) is 47.6 Å². The summed E-state index contributed by atoms with van der Waals surface area (Å²) in [5, 5.41) is 2.93. The van der Waals surface area contributed by atoms with Crippen LogP contribution in [0.15, 0.2) is 48.5 Å². The number of rotatable bonds is 5. The minimum absolute atomic E-state index is 0.136. The van der Waals surface area contributed by atoms with E-state index in [1.807, 2.05) is 24.3 Å². The fraction of sp³-hybridized carbons (Fsp3) is 0.350. The lowest BCUT2D eigenvalue weighted by atomic mass is 10.0. The maximum Gasteiger partial charge on any atom is 0.264 e. The van der Waals surface area contributed by atoms with Gasteiger partial charge in [-0.25, -0.2) is 0 Å². The fourth-order valence-electron chi connectivity index (χ4n) is 2.66. The summed E-state index contributed by atoms with van der Waals surface area (Å²) in [4.78, 5) is 12.2. The zero-order valence-corrected chi connectivity index (χ0v) is 14.1. The highest BCUT2D eigenvalue weighted by atomic mass is 16.6. The maximum atomic E-state index is 12.2. The molecule has 0 saturated heterocycles. The molecular weight excluding hydrogens is 302 g/mol. The van der Waals surface area contributed by atoms with Crippen molar-refractivity contribution < 1.29 is 14.3 Å². The Bertz CT molecular complexity index is 694. The molecule has 2 aromatic rings. The van der Waals surface area contributed by atoms with Gasteiger partial charge in [-0.1, -0.05) is 50.2 Å². The van der Waals surface area contributed by atoms with Gasteiger partial charge >= 0.3 is 0 Å². The van der Waals surface area contributed by atoms with E-state index in [9.17, 15) is 4.79 Å². The largest absolute Gasteiger partial charge is 0.485 e. The molecule has 1 N–H and O–H groups in total. The monoisotopic (exact) mass is 325 g/mol. The second-order valence-corrected chi connectivity index (χ2v) is 6.30. The minimum Gasteiger partial charge on any atom is -0.485 e. The molecule has 0 bridgehead atoms. The molecule has 3 rings (SSSR count). The van der Waals surface area contributed by atoms with Crippen molar-refractivity contribution >= 4 is 5.91 Å². The molecule has 1 amide bonds. The lowest BCUT2D eigenvalue weighted by molar-refractivity contribution is -0.130. The molecule has 4 heteroatoms. The summed E-state index contributed by atoms with van der Waals surface area (Å²) in [5.74, 6) is 1.70. The Hall–Kier alpha value is -2.49. The number of para-hydroxylation sites is 2. The molecule has 2 aromatic carbocycles. The van der Waals surface area contributed by atoms with Gasteiger partial charge in [-0.3, -0.25) is 4.79 Å². The van der Waals surface area contributed by atoms with Crippen molar-refractivity contribution in [3.8, 4) is 11.5 Å². The highest BCUT2D eigenvalue weighted by Gasteiger charge is 2.26. The number of hydrogen-bond donors (Lipinski definition) is 1. The van der Waals surface area contributed by atoms with Crippen molar-refractivity contribution in [1.29, 1.82) is 0 Å². The van der Waals surface area contributed by atoms with E-state index in [-0.39, 0.29) is 12.5 Å². The number of carbonyl (C=O) groups excluding carboxylic acids is 1. The van der Waals surface area contributed by atoms with Crippen molar-refractivity contribution in [2.24, 2.45) is 0 Å². The van der Waals surface area contributed by atoms with Gasteiger partial charge in [0.05, 0.1) is 0 Å². The van der Waals surface area contributed by atoms with Gasteiger partial charge in [-0.05, 0) is 35.6 Å². The lowest BCUT2D eigenvalue weighted by Gasteiger charge is -2.25. The maximum absolute atomic E-state index is 12.2. The average Bonchev–Trinajstić information content (AvgIpc) is 2.61. The average molecular weight is 325 g/mol. The first-order chi connectivity index (χ1) is 11.6. The molecule has 4 nitrogen and oxygen atoms in total. The number of nitrogens with one attached hydrogen (secondary N) is 1. The standard InChI is InChI=1S/C20H23NO3/c1-14(2)16-9-7-15(8-10-16)11-12-21-20(22)19-13-23-17-5-3-4-6-18(17)24-19/h3-10,14,19H,11-13H2,1-2H3,(H,21,22)/t19-/m1/s1. The smallest absolute Gasteiger partial charge is 0.264 e. The molecule has 24 heavy (non-hydrogen) atoms. The van der Waals surface area contributed by atoms with Gasteiger partial charge in [0, 0.05) is 6.54 Å². The number of fused-ring (bicyclic) bond motifs is 1. The van der Waals surface area contributed by atoms with Crippen molar-refractivity contribution in [3.05, 3.63) is 59.7 Å². The van der Waals surface area contributed by atoms with Crippen LogP contribution >= 0.6 is 0 Å². The zero-order chi connectivity index (χ0) is 16.9. The number of ether oxygens (including phenoxy) is 2. The normalized spacial score (nSPS) is 16.0. The molecule has 126 valence electrons. The van der Waals surface area contributed by atoms with Gasteiger partial charge < -0.3 is 14.8 Å². The molecule has 1 heterocycles. The summed E-state index contributed by atoms with van der Waals surface area (Å²) < 4.78 is 11.3. The Kier molecular flexibility index (Phi) is 5.04. The molecule has 1 atom stereocenters. The molecule has 0 fully saturated rings. The quantitative estimate of drug-likeness (QED) is 0.917. The third kappa shape index (κ3) is 3.88. The highest BCUT2D eigenvalue weighted by molar-refractivity contribution is 5.81. The van der Waals surface area contributed by atoms with Crippen LogP contribution in [-0.4, -0.2) is 25.2 Å². The van der Waals surface area contributed by atoms with Crippen LogP contribution < -0.4 is 14.8 Å². The third-order valence-electron chi connectivity index (χ3n) is 4.16. The minimum atomic E-state index is -0.594. The molecule has 0 spiro atoms. The zero-order valence-electron chi connectivity index (χ0n) is 14.1. The van der Waals surface area contributed by atoms with Crippen LogP contribution in [0, 0.1) is 0 Å². The lowest BCUT2D eigenvalue weighted by Crippen LogP contribution is -2.44. The van der Waals surface area contributed by atoms with E-state index in [4.69, 9.17) is 9.47 Å². The van der Waals surface area contributed by atoms with Crippen molar-refractivity contribution in [1.82, 2.24) is 5.32 Å². The van der Waals surface area contributed by atoms with Crippen molar-refractivity contribution in [3.63, 3.8) is 0 Å². The van der Waals surface area contributed by atoms with Gasteiger partial charge in [0.2, 0.25) is 6.10 Å². The van der Waals surface area contributed by atoms with E-state index in [1.54, 1.807) is 0 Å². The van der Waals surface area contributed by atoms with E-state index in [0.717, 1.165) is 6.42 Å². The van der Waals surface area contributed by atoms with Crippen LogP contribution in [0.1, 0.15) is 30.9 Å². The molecule has 0 aromatic heterocycles. The number of hydrogen-bond acceptors (Lipinski definition) is 3. The summed E-state index contributed by atoms with van der Waals surface area (Å²) in [6.07, 6.45) is 0.206. The van der Waals surface area contributed by atoms with Crippen LogP contribution in [0.5, 0.6) is 11.5 Å². The Balaban J connectivity index is 1.48.